The second-order valence-corrected chi connectivity index (χ2v) is 4.81. The van der Waals surface area contributed by atoms with Crippen molar-refractivity contribution in [3.8, 4) is 0 Å². The number of rotatable bonds is 3. The van der Waals surface area contributed by atoms with Crippen LogP contribution in [0.5, 0.6) is 0 Å². The molecule has 0 saturated carbocycles. The summed E-state index contributed by atoms with van der Waals surface area (Å²) in [6.07, 6.45) is 2.04. The minimum atomic E-state index is -0.466. The van der Waals surface area contributed by atoms with E-state index in [0.717, 1.165) is 19.4 Å². The zero-order valence-corrected chi connectivity index (χ0v) is 10.3. The van der Waals surface area contributed by atoms with E-state index in [1.54, 1.807) is 12.1 Å². The van der Waals surface area contributed by atoms with Gasteiger partial charge in [-0.2, -0.15) is 0 Å². The van der Waals surface area contributed by atoms with Crippen molar-refractivity contribution in [1.29, 1.82) is 0 Å². The molecular formula is C13H15ClFNO. The van der Waals surface area contributed by atoms with Gasteiger partial charge < -0.3 is 5.32 Å². The molecule has 0 radical (unpaired) electrons. The molecule has 0 aromatic heterocycles. The van der Waals surface area contributed by atoms with Crippen LogP contribution in [0.2, 0.25) is 5.02 Å². The van der Waals surface area contributed by atoms with E-state index >= 15 is 0 Å². The predicted octanol–water partition coefficient (Wildman–Crippen LogP) is 2.59. The summed E-state index contributed by atoms with van der Waals surface area (Å²) in [6.45, 7) is 1.68. The van der Waals surface area contributed by atoms with Crippen LogP contribution in [0.15, 0.2) is 18.2 Å². The van der Waals surface area contributed by atoms with Gasteiger partial charge in [0, 0.05) is 18.9 Å². The first-order valence-corrected chi connectivity index (χ1v) is 6.22. The molecule has 1 aliphatic rings. The maximum Gasteiger partial charge on any atom is 0.145 e. The van der Waals surface area contributed by atoms with E-state index in [4.69, 9.17) is 11.6 Å². The molecule has 1 heterocycles. The number of nitrogens with one attached hydrogen (secondary N) is 1. The van der Waals surface area contributed by atoms with Crippen molar-refractivity contribution in [2.45, 2.75) is 19.3 Å². The number of benzene rings is 1. The lowest BCUT2D eigenvalue weighted by atomic mass is 9.91. The van der Waals surface area contributed by atoms with Gasteiger partial charge in [-0.25, -0.2) is 4.39 Å². The first-order chi connectivity index (χ1) is 8.18. The molecule has 2 rings (SSSR count). The fourth-order valence-corrected chi connectivity index (χ4v) is 2.34. The van der Waals surface area contributed by atoms with Gasteiger partial charge in [0.1, 0.15) is 11.6 Å². The molecule has 0 spiro atoms. The van der Waals surface area contributed by atoms with Crippen LogP contribution in [-0.2, 0) is 11.2 Å². The summed E-state index contributed by atoms with van der Waals surface area (Å²) in [5, 5.41) is 3.27. The van der Waals surface area contributed by atoms with Crippen LogP contribution in [-0.4, -0.2) is 18.9 Å². The first kappa shape index (κ1) is 12.5. The molecule has 0 aliphatic carbocycles. The predicted molar refractivity (Wildman–Crippen MR) is 65.7 cm³/mol. The molecule has 4 heteroatoms. The number of Topliss-reactive ketones (excluding diaryl/α,β-unsaturated/α-hetero) is 1. The number of hydrogen-bond acceptors (Lipinski definition) is 2. The average Bonchev–Trinajstić information content (AvgIpc) is 2.36. The molecule has 1 fully saturated rings. The number of carbonyl (C=O) groups is 1. The molecular weight excluding hydrogens is 241 g/mol. The lowest BCUT2D eigenvalue weighted by Gasteiger charge is -2.21. The number of halogens is 2. The number of ketones is 1. The van der Waals surface area contributed by atoms with Crippen LogP contribution in [0.1, 0.15) is 18.4 Å². The molecule has 1 saturated heterocycles. The van der Waals surface area contributed by atoms with Gasteiger partial charge in [0.15, 0.2) is 0 Å². The van der Waals surface area contributed by atoms with Crippen molar-refractivity contribution in [1.82, 2.24) is 5.32 Å². The molecule has 92 valence electrons. The van der Waals surface area contributed by atoms with Gasteiger partial charge in [-0.15, -0.1) is 0 Å². The highest BCUT2D eigenvalue weighted by Crippen LogP contribution is 2.20. The third-order valence-corrected chi connectivity index (χ3v) is 3.44. The van der Waals surface area contributed by atoms with E-state index in [1.807, 2.05) is 0 Å². The fourth-order valence-electron chi connectivity index (χ4n) is 2.14. The van der Waals surface area contributed by atoms with E-state index in [2.05, 4.69) is 5.32 Å². The van der Waals surface area contributed by atoms with Crippen LogP contribution >= 0.6 is 11.6 Å². The molecule has 1 unspecified atom stereocenters. The standard InChI is InChI=1S/C13H15ClFNO/c14-11-5-1-3-9(13(11)15)7-12(17)10-4-2-6-16-8-10/h1,3,5,10,16H,2,4,6-8H2. The van der Waals surface area contributed by atoms with E-state index in [0.29, 0.717) is 12.1 Å². The summed E-state index contributed by atoms with van der Waals surface area (Å²) in [5.41, 5.74) is 0.396. The van der Waals surface area contributed by atoms with Gasteiger partial charge in [-0.3, -0.25) is 4.79 Å². The molecule has 17 heavy (non-hydrogen) atoms. The minimum absolute atomic E-state index is 0.0159. The number of piperidine rings is 1. The van der Waals surface area contributed by atoms with Crippen LogP contribution in [0.25, 0.3) is 0 Å². The Balaban J connectivity index is 2.04. The number of carbonyl (C=O) groups excluding carboxylic acids is 1. The Bertz CT molecular complexity index is 416. The highest BCUT2D eigenvalue weighted by atomic mass is 35.5. The van der Waals surface area contributed by atoms with Crippen molar-refractivity contribution >= 4 is 17.4 Å². The molecule has 1 aromatic rings. The smallest absolute Gasteiger partial charge is 0.145 e. The summed E-state index contributed by atoms with van der Waals surface area (Å²) in [4.78, 5) is 12.0. The second kappa shape index (κ2) is 5.61. The maximum atomic E-state index is 13.6. The summed E-state index contributed by atoms with van der Waals surface area (Å²) in [6, 6.07) is 4.79. The van der Waals surface area contributed by atoms with Gasteiger partial charge in [0.2, 0.25) is 0 Å². The Hall–Kier alpha value is -0.930. The largest absolute Gasteiger partial charge is 0.316 e. The van der Waals surface area contributed by atoms with Gasteiger partial charge >= 0.3 is 0 Å². The fraction of sp³-hybridized carbons (Fsp3) is 0.462. The van der Waals surface area contributed by atoms with E-state index < -0.39 is 5.82 Å². The van der Waals surface area contributed by atoms with Gasteiger partial charge in [0.25, 0.3) is 0 Å². The monoisotopic (exact) mass is 255 g/mol. The van der Waals surface area contributed by atoms with Gasteiger partial charge in [-0.05, 0) is 31.0 Å². The third-order valence-electron chi connectivity index (χ3n) is 3.15. The molecule has 1 N–H and O–H groups in total. The molecule has 2 nitrogen and oxygen atoms in total. The van der Waals surface area contributed by atoms with Crippen LogP contribution in [0.3, 0.4) is 0 Å². The lowest BCUT2D eigenvalue weighted by molar-refractivity contribution is -0.122. The summed E-state index contributed by atoms with van der Waals surface area (Å²) in [5.74, 6) is -0.355. The van der Waals surface area contributed by atoms with Gasteiger partial charge in [-0.1, -0.05) is 23.7 Å². The molecule has 1 aromatic carbocycles. The van der Waals surface area contributed by atoms with Crippen molar-refractivity contribution in [3.63, 3.8) is 0 Å². The van der Waals surface area contributed by atoms with E-state index in [-0.39, 0.29) is 23.1 Å². The maximum absolute atomic E-state index is 13.6. The Morgan fingerprint density at radius 2 is 2.35 bits per heavy atom. The highest BCUT2D eigenvalue weighted by Gasteiger charge is 2.22. The SMILES string of the molecule is O=C(Cc1cccc(Cl)c1F)C1CCCNC1. The van der Waals surface area contributed by atoms with Crippen LogP contribution in [0.4, 0.5) is 4.39 Å². The lowest BCUT2D eigenvalue weighted by Crippen LogP contribution is -2.35. The van der Waals surface area contributed by atoms with Crippen molar-refractivity contribution < 1.29 is 9.18 Å². The van der Waals surface area contributed by atoms with Crippen molar-refractivity contribution in [2.75, 3.05) is 13.1 Å². The molecule has 1 aliphatic heterocycles. The highest BCUT2D eigenvalue weighted by molar-refractivity contribution is 6.30. The van der Waals surface area contributed by atoms with Crippen LogP contribution in [0, 0.1) is 11.7 Å². The van der Waals surface area contributed by atoms with Crippen molar-refractivity contribution in [2.24, 2.45) is 5.92 Å². The minimum Gasteiger partial charge on any atom is -0.316 e. The third kappa shape index (κ3) is 3.05. The zero-order valence-electron chi connectivity index (χ0n) is 9.51. The van der Waals surface area contributed by atoms with E-state index in [9.17, 15) is 9.18 Å². The molecule has 0 bridgehead atoms. The topological polar surface area (TPSA) is 29.1 Å². The summed E-state index contributed by atoms with van der Waals surface area (Å²) >= 11 is 5.68. The Labute approximate surface area is 105 Å². The number of hydrogen-bond donors (Lipinski definition) is 1. The average molecular weight is 256 g/mol. The Morgan fingerprint density at radius 3 is 3.06 bits per heavy atom. The zero-order chi connectivity index (χ0) is 12.3. The second-order valence-electron chi connectivity index (χ2n) is 4.40. The Morgan fingerprint density at radius 1 is 1.53 bits per heavy atom. The summed E-state index contributed by atoms with van der Waals surface area (Å²) < 4.78 is 13.6. The van der Waals surface area contributed by atoms with E-state index in [1.165, 1.54) is 6.07 Å². The molecule has 1 atom stereocenters. The van der Waals surface area contributed by atoms with Crippen molar-refractivity contribution in [3.05, 3.63) is 34.6 Å². The Kier molecular flexibility index (Phi) is 4.13. The summed E-state index contributed by atoms with van der Waals surface area (Å²) in [7, 11) is 0. The van der Waals surface area contributed by atoms with Gasteiger partial charge in [0.05, 0.1) is 5.02 Å². The van der Waals surface area contributed by atoms with Crippen LogP contribution < -0.4 is 5.32 Å². The first-order valence-electron chi connectivity index (χ1n) is 5.85. The molecule has 0 amide bonds. The quantitative estimate of drug-likeness (QED) is 0.900. The normalized spacial score (nSPS) is 20.2.